The number of nitrogen functional groups attached to an aromatic ring is 1. The highest BCUT2D eigenvalue weighted by Gasteiger charge is 2.29. The van der Waals surface area contributed by atoms with Crippen molar-refractivity contribution in [2.24, 2.45) is 0 Å². The molecule has 0 radical (unpaired) electrons. The molecule has 174 valence electrons. The molecule has 9 nitrogen and oxygen atoms in total. The minimum absolute atomic E-state index is 0.0403. The average molecular weight is 460 g/mol. The molecule has 2 aromatic carbocycles. The van der Waals surface area contributed by atoms with Crippen molar-refractivity contribution in [1.82, 2.24) is 14.9 Å². The Morgan fingerprint density at radius 3 is 2.44 bits per heavy atom. The summed E-state index contributed by atoms with van der Waals surface area (Å²) in [6.07, 6.45) is -0.139. The van der Waals surface area contributed by atoms with E-state index in [1.165, 1.54) is 0 Å². The van der Waals surface area contributed by atoms with Crippen molar-refractivity contribution in [2.75, 3.05) is 12.3 Å². The lowest BCUT2D eigenvalue weighted by atomic mass is 9.91. The van der Waals surface area contributed by atoms with Gasteiger partial charge in [0.25, 0.3) is 5.91 Å². The van der Waals surface area contributed by atoms with Gasteiger partial charge in [-0.05, 0) is 42.2 Å². The minimum Gasteiger partial charge on any atom is -0.478 e. The van der Waals surface area contributed by atoms with Crippen LogP contribution in [0.2, 0.25) is 0 Å². The summed E-state index contributed by atoms with van der Waals surface area (Å²) in [5.74, 6) is -3.04. The summed E-state index contributed by atoms with van der Waals surface area (Å²) < 4.78 is 5.17. The molecule has 4 rings (SSSR count). The fraction of sp³-hybridized carbons (Fsp3) is 0.240. The molecule has 1 unspecified atom stereocenters. The van der Waals surface area contributed by atoms with Crippen LogP contribution in [-0.4, -0.2) is 44.4 Å². The molecule has 3 N–H and O–H groups in total. The van der Waals surface area contributed by atoms with Crippen LogP contribution in [0.5, 0.6) is 0 Å². The molecule has 0 bridgehead atoms. The number of ether oxygens (including phenoxy) is 1. The fourth-order valence-electron chi connectivity index (χ4n) is 4.08. The van der Waals surface area contributed by atoms with Crippen molar-refractivity contribution in [3.05, 3.63) is 77.0 Å². The number of carboxylic acid groups (broad SMARTS) is 1. The molecule has 0 aliphatic carbocycles. The maximum absolute atomic E-state index is 13.5. The number of aliphatic carboxylic acids is 1. The number of carbonyl (C=O) groups is 3. The number of fused-ring (bicyclic) bond motifs is 2. The molecule has 0 saturated carbocycles. The third-order valence-electron chi connectivity index (χ3n) is 5.79. The first-order valence-corrected chi connectivity index (χ1v) is 10.8. The van der Waals surface area contributed by atoms with Crippen molar-refractivity contribution in [3.8, 4) is 0 Å². The van der Waals surface area contributed by atoms with Crippen LogP contribution in [0.25, 0.3) is 10.9 Å². The Balaban J connectivity index is 1.75. The molecule has 1 amide bonds. The number of nitrogens with zero attached hydrogens (tertiary/aromatic N) is 3. The normalized spacial score (nSPS) is 13.4. The molecule has 1 atom stereocenters. The second-order valence-corrected chi connectivity index (χ2v) is 8.05. The molecule has 1 aliphatic heterocycles. The SMILES string of the molecule is C=C(CC(C(=O)OCC)c1ccc2nc(N)nc(C(=O)N3Cc4ccccc4C3)c2c1)C(=O)O. The Kier molecular flexibility index (Phi) is 6.27. The number of nitrogens with two attached hydrogens (primary N) is 1. The quantitative estimate of drug-likeness (QED) is 0.406. The number of hydrogen-bond donors (Lipinski definition) is 2. The summed E-state index contributed by atoms with van der Waals surface area (Å²) in [6, 6.07) is 12.7. The van der Waals surface area contributed by atoms with Crippen LogP contribution < -0.4 is 5.73 Å². The Labute approximate surface area is 195 Å². The number of rotatable bonds is 7. The van der Waals surface area contributed by atoms with Gasteiger partial charge in [0.2, 0.25) is 5.95 Å². The molecule has 0 fully saturated rings. The third kappa shape index (κ3) is 4.45. The van der Waals surface area contributed by atoms with Crippen molar-refractivity contribution in [1.29, 1.82) is 0 Å². The van der Waals surface area contributed by atoms with E-state index in [0.717, 1.165) is 11.1 Å². The lowest BCUT2D eigenvalue weighted by molar-refractivity contribution is -0.145. The van der Waals surface area contributed by atoms with E-state index in [-0.39, 0.29) is 36.2 Å². The van der Waals surface area contributed by atoms with Crippen LogP contribution in [0.15, 0.2) is 54.6 Å². The first-order chi connectivity index (χ1) is 16.3. The molecule has 0 spiro atoms. The van der Waals surface area contributed by atoms with Crippen molar-refractivity contribution >= 4 is 34.7 Å². The van der Waals surface area contributed by atoms with Gasteiger partial charge in [-0.15, -0.1) is 0 Å². The zero-order chi connectivity index (χ0) is 24.4. The molecule has 1 aliphatic rings. The van der Waals surface area contributed by atoms with Gasteiger partial charge >= 0.3 is 11.9 Å². The molecule has 3 aromatic rings. The summed E-state index contributed by atoms with van der Waals surface area (Å²) >= 11 is 0. The van der Waals surface area contributed by atoms with Gasteiger partial charge in [0.05, 0.1) is 18.0 Å². The van der Waals surface area contributed by atoms with Gasteiger partial charge in [0.1, 0.15) is 5.69 Å². The molecule has 9 heteroatoms. The maximum Gasteiger partial charge on any atom is 0.330 e. The number of benzene rings is 2. The lowest BCUT2D eigenvalue weighted by Crippen LogP contribution is -2.27. The highest BCUT2D eigenvalue weighted by Crippen LogP contribution is 2.30. The van der Waals surface area contributed by atoms with E-state index in [2.05, 4.69) is 16.5 Å². The van der Waals surface area contributed by atoms with E-state index >= 15 is 0 Å². The number of carbonyl (C=O) groups excluding carboxylic acids is 2. The third-order valence-corrected chi connectivity index (χ3v) is 5.79. The molecule has 0 saturated heterocycles. The molecule has 2 heterocycles. The number of hydrogen-bond acceptors (Lipinski definition) is 7. The topological polar surface area (TPSA) is 136 Å². The second-order valence-electron chi connectivity index (χ2n) is 8.05. The summed E-state index contributed by atoms with van der Waals surface area (Å²) in [4.78, 5) is 47.6. The summed E-state index contributed by atoms with van der Waals surface area (Å²) in [7, 11) is 0. The predicted octanol–water partition coefficient (Wildman–Crippen LogP) is 3.05. The first kappa shape index (κ1) is 22.9. The first-order valence-electron chi connectivity index (χ1n) is 10.8. The fourth-order valence-corrected chi connectivity index (χ4v) is 4.08. The van der Waals surface area contributed by atoms with E-state index in [1.807, 2.05) is 24.3 Å². The van der Waals surface area contributed by atoms with E-state index in [1.54, 1.807) is 30.0 Å². The van der Waals surface area contributed by atoms with Crippen molar-refractivity contribution in [2.45, 2.75) is 32.4 Å². The summed E-state index contributed by atoms with van der Waals surface area (Å²) in [6.45, 7) is 6.25. The van der Waals surface area contributed by atoms with E-state index in [0.29, 0.717) is 29.6 Å². The number of anilines is 1. The van der Waals surface area contributed by atoms with Crippen molar-refractivity contribution < 1.29 is 24.2 Å². The minimum atomic E-state index is -1.20. The number of carboxylic acids is 1. The van der Waals surface area contributed by atoms with Crippen LogP contribution in [0.3, 0.4) is 0 Å². The van der Waals surface area contributed by atoms with E-state index in [4.69, 9.17) is 10.5 Å². The standard InChI is InChI=1S/C25H24N4O5/c1-3-34-24(33)18(10-14(2)23(31)32)15-8-9-20-19(11-15)21(28-25(26)27-20)22(30)29-12-16-6-4-5-7-17(16)13-29/h4-9,11,18H,2-3,10,12-13H2,1H3,(H,31,32)(H2,26,27,28). The summed E-state index contributed by atoms with van der Waals surface area (Å²) in [5, 5.41) is 9.69. The Morgan fingerprint density at radius 2 is 1.82 bits per heavy atom. The smallest absolute Gasteiger partial charge is 0.330 e. The van der Waals surface area contributed by atoms with Gasteiger partial charge in [-0.3, -0.25) is 9.59 Å². The van der Waals surface area contributed by atoms with Crippen LogP contribution in [0, 0.1) is 0 Å². The van der Waals surface area contributed by atoms with E-state index in [9.17, 15) is 19.5 Å². The average Bonchev–Trinajstić information content (AvgIpc) is 3.25. The Hall–Kier alpha value is -4.27. The van der Waals surface area contributed by atoms with Crippen LogP contribution in [-0.2, 0) is 27.4 Å². The Morgan fingerprint density at radius 1 is 1.15 bits per heavy atom. The van der Waals surface area contributed by atoms with Crippen molar-refractivity contribution in [3.63, 3.8) is 0 Å². The lowest BCUT2D eigenvalue weighted by Gasteiger charge is -2.19. The highest BCUT2D eigenvalue weighted by molar-refractivity contribution is 6.05. The number of amides is 1. The van der Waals surface area contributed by atoms with Gasteiger partial charge in [-0.2, -0.15) is 0 Å². The van der Waals surface area contributed by atoms with Gasteiger partial charge in [-0.1, -0.05) is 36.9 Å². The number of aromatic nitrogens is 2. The van der Waals surface area contributed by atoms with Crippen LogP contribution >= 0.6 is 0 Å². The zero-order valence-corrected chi connectivity index (χ0v) is 18.7. The van der Waals surface area contributed by atoms with E-state index < -0.39 is 17.9 Å². The predicted molar refractivity (Wildman–Crippen MR) is 125 cm³/mol. The zero-order valence-electron chi connectivity index (χ0n) is 18.7. The highest BCUT2D eigenvalue weighted by atomic mass is 16.5. The number of esters is 1. The van der Waals surface area contributed by atoms with Crippen LogP contribution in [0.4, 0.5) is 5.95 Å². The largest absolute Gasteiger partial charge is 0.478 e. The van der Waals surface area contributed by atoms with Gasteiger partial charge < -0.3 is 20.5 Å². The second kappa shape index (κ2) is 9.30. The Bertz CT molecular complexity index is 1290. The van der Waals surface area contributed by atoms with Crippen LogP contribution in [0.1, 0.15) is 46.4 Å². The molecule has 34 heavy (non-hydrogen) atoms. The molecular formula is C25H24N4O5. The maximum atomic E-state index is 13.5. The summed E-state index contributed by atoms with van der Waals surface area (Å²) in [5.41, 5.74) is 8.93. The molecular weight excluding hydrogens is 436 g/mol. The monoisotopic (exact) mass is 460 g/mol. The molecule has 1 aromatic heterocycles. The van der Waals surface area contributed by atoms with Gasteiger partial charge in [0, 0.05) is 24.0 Å². The van der Waals surface area contributed by atoms with Gasteiger partial charge in [0.15, 0.2) is 0 Å². The van der Waals surface area contributed by atoms with Gasteiger partial charge in [-0.25, -0.2) is 14.8 Å².